The van der Waals surface area contributed by atoms with E-state index in [4.69, 9.17) is 0 Å². The Bertz CT molecular complexity index is 1130. The number of nitrogens with zero attached hydrogens (tertiary/aromatic N) is 3. The smallest absolute Gasteiger partial charge is 0.304 e. The molecule has 0 spiro atoms. The summed E-state index contributed by atoms with van der Waals surface area (Å²) in [5.74, 6) is -0.435. The molecule has 2 amide bonds. The van der Waals surface area contributed by atoms with Crippen LogP contribution in [0.1, 0.15) is 43.9 Å². The molecule has 198 valence electrons. The predicted molar refractivity (Wildman–Crippen MR) is 145 cm³/mol. The molecule has 0 bridgehead atoms. The van der Waals surface area contributed by atoms with Gasteiger partial charge in [-0.25, -0.2) is 4.31 Å². The molecule has 0 saturated heterocycles. The average molecular weight is 517 g/mol. The molecule has 1 N–H and O–H groups in total. The summed E-state index contributed by atoms with van der Waals surface area (Å²) in [5, 5.41) is 2.93. The van der Waals surface area contributed by atoms with Crippen molar-refractivity contribution >= 4 is 27.7 Å². The van der Waals surface area contributed by atoms with Gasteiger partial charge in [0.1, 0.15) is 12.6 Å². The van der Waals surface area contributed by atoms with E-state index in [1.165, 1.54) is 19.0 Å². The molecule has 2 rings (SSSR count). The normalized spacial score (nSPS) is 12.5. The minimum Gasteiger partial charge on any atom is -0.354 e. The maximum Gasteiger partial charge on any atom is 0.304 e. The fraction of sp³-hybridized carbons (Fsp3) is 0.481. The summed E-state index contributed by atoms with van der Waals surface area (Å²) in [7, 11) is -1.11. The molecule has 0 saturated carbocycles. The molecule has 36 heavy (non-hydrogen) atoms. The van der Waals surface area contributed by atoms with Crippen molar-refractivity contribution < 1.29 is 18.0 Å². The lowest BCUT2D eigenvalue weighted by Crippen LogP contribution is -2.53. The summed E-state index contributed by atoms with van der Waals surface area (Å²) >= 11 is 0. The van der Waals surface area contributed by atoms with Gasteiger partial charge < -0.3 is 10.2 Å². The third-order valence-corrected chi connectivity index (χ3v) is 7.72. The predicted octanol–water partition coefficient (Wildman–Crippen LogP) is 3.50. The SMILES string of the molecule is CC[C@H](C(=O)NCC(C)C)N(Cc1ccccc1)C(=O)CN(c1cc(C)ccc1C)S(=O)(=O)N(C)C. The Morgan fingerprint density at radius 3 is 2.19 bits per heavy atom. The van der Waals surface area contributed by atoms with Crippen molar-refractivity contribution in [3.8, 4) is 0 Å². The van der Waals surface area contributed by atoms with Gasteiger partial charge in [-0.15, -0.1) is 0 Å². The highest BCUT2D eigenvalue weighted by molar-refractivity contribution is 7.90. The largest absolute Gasteiger partial charge is 0.354 e. The van der Waals surface area contributed by atoms with Crippen LogP contribution in [0.25, 0.3) is 0 Å². The van der Waals surface area contributed by atoms with Gasteiger partial charge in [0.2, 0.25) is 11.8 Å². The number of anilines is 1. The lowest BCUT2D eigenvalue weighted by Gasteiger charge is -2.34. The van der Waals surface area contributed by atoms with Crippen LogP contribution in [0.2, 0.25) is 0 Å². The summed E-state index contributed by atoms with van der Waals surface area (Å²) in [4.78, 5) is 28.5. The second kappa shape index (κ2) is 12.9. The number of hydrogen-bond donors (Lipinski definition) is 1. The minimum absolute atomic E-state index is 0.190. The zero-order valence-electron chi connectivity index (χ0n) is 22.5. The lowest BCUT2D eigenvalue weighted by molar-refractivity contribution is -0.140. The summed E-state index contributed by atoms with van der Waals surface area (Å²) in [6.07, 6.45) is 0.395. The standard InChI is InChI=1S/C27H40N4O4S/c1-8-24(27(33)28-17-20(2)3)30(18-23-12-10-9-11-13-23)26(32)19-31(36(34,35)29(6)7)25-16-21(4)14-15-22(25)5/h9-16,20,24H,8,17-19H2,1-7H3,(H,28,33)/t24-/m1/s1. The number of aryl methyl sites for hydroxylation is 2. The van der Waals surface area contributed by atoms with E-state index >= 15 is 0 Å². The van der Waals surface area contributed by atoms with Gasteiger partial charge in [0.15, 0.2) is 0 Å². The van der Waals surface area contributed by atoms with Crippen molar-refractivity contribution in [1.29, 1.82) is 0 Å². The van der Waals surface area contributed by atoms with E-state index in [0.717, 1.165) is 25.3 Å². The lowest BCUT2D eigenvalue weighted by atomic mass is 10.1. The van der Waals surface area contributed by atoms with Crippen LogP contribution in [0.4, 0.5) is 5.69 Å². The van der Waals surface area contributed by atoms with Crippen LogP contribution in [0.15, 0.2) is 48.5 Å². The number of nitrogens with one attached hydrogen (secondary N) is 1. The van der Waals surface area contributed by atoms with Crippen LogP contribution in [0.3, 0.4) is 0 Å². The summed E-state index contributed by atoms with van der Waals surface area (Å²) in [6.45, 7) is 9.80. The van der Waals surface area contributed by atoms with Crippen LogP contribution in [0.5, 0.6) is 0 Å². The maximum atomic E-state index is 13.9. The van der Waals surface area contributed by atoms with E-state index in [-0.39, 0.29) is 18.4 Å². The van der Waals surface area contributed by atoms with Crippen LogP contribution in [0, 0.1) is 19.8 Å². The Kier molecular flexibility index (Phi) is 10.5. The molecule has 0 heterocycles. The van der Waals surface area contributed by atoms with Gasteiger partial charge in [-0.3, -0.25) is 9.59 Å². The first-order chi connectivity index (χ1) is 16.9. The molecule has 0 aliphatic heterocycles. The number of carbonyl (C=O) groups is 2. The van der Waals surface area contributed by atoms with Crippen molar-refractivity contribution in [2.24, 2.45) is 5.92 Å². The fourth-order valence-electron chi connectivity index (χ4n) is 3.81. The molecular formula is C27H40N4O4S. The van der Waals surface area contributed by atoms with Gasteiger partial charge >= 0.3 is 10.2 Å². The van der Waals surface area contributed by atoms with Crippen LogP contribution in [-0.4, -0.2) is 62.7 Å². The van der Waals surface area contributed by atoms with Crippen LogP contribution >= 0.6 is 0 Å². The van der Waals surface area contributed by atoms with Crippen molar-refractivity contribution in [2.45, 2.75) is 53.6 Å². The van der Waals surface area contributed by atoms with Crippen LogP contribution in [-0.2, 0) is 26.3 Å². The number of rotatable bonds is 12. The molecule has 0 aromatic heterocycles. The molecule has 1 atom stereocenters. The molecule has 0 aliphatic carbocycles. The Morgan fingerprint density at radius 2 is 1.64 bits per heavy atom. The van der Waals surface area contributed by atoms with Crippen molar-refractivity contribution in [1.82, 2.24) is 14.5 Å². The molecule has 0 unspecified atom stereocenters. The third-order valence-electron chi connectivity index (χ3n) is 5.92. The number of hydrogen-bond acceptors (Lipinski definition) is 4. The maximum absolute atomic E-state index is 13.9. The van der Waals surface area contributed by atoms with Gasteiger partial charge in [0.05, 0.1) is 5.69 Å². The molecule has 2 aromatic carbocycles. The number of carbonyl (C=O) groups excluding carboxylic acids is 2. The second-order valence-corrected chi connectivity index (χ2v) is 11.7. The quantitative estimate of drug-likeness (QED) is 0.468. The first-order valence-corrected chi connectivity index (χ1v) is 13.7. The molecule has 8 nitrogen and oxygen atoms in total. The highest BCUT2D eigenvalue weighted by Gasteiger charge is 2.34. The van der Waals surface area contributed by atoms with Crippen LogP contribution < -0.4 is 9.62 Å². The highest BCUT2D eigenvalue weighted by Crippen LogP contribution is 2.26. The van der Waals surface area contributed by atoms with Gasteiger partial charge in [0, 0.05) is 27.2 Å². The monoisotopic (exact) mass is 516 g/mol. The third kappa shape index (κ3) is 7.54. The minimum atomic E-state index is -3.99. The summed E-state index contributed by atoms with van der Waals surface area (Å²) in [5.41, 5.74) is 2.90. The summed E-state index contributed by atoms with van der Waals surface area (Å²) in [6, 6.07) is 14.2. The molecule has 0 aliphatic rings. The summed E-state index contributed by atoms with van der Waals surface area (Å²) < 4.78 is 29.0. The van der Waals surface area contributed by atoms with Crippen molar-refractivity contribution in [3.63, 3.8) is 0 Å². The van der Waals surface area contributed by atoms with E-state index < -0.39 is 28.7 Å². The van der Waals surface area contributed by atoms with E-state index in [1.54, 1.807) is 6.07 Å². The Hall–Kier alpha value is -2.91. The molecule has 0 radical (unpaired) electrons. The first-order valence-electron chi connectivity index (χ1n) is 12.3. The van der Waals surface area contributed by atoms with E-state index in [9.17, 15) is 18.0 Å². The van der Waals surface area contributed by atoms with Gasteiger partial charge in [-0.05, 0) is 48.9 Å². The van der Waals surface area contributed by atoms with E-state index in [2.05, 4.69) is 5.32 Å². The number of benzene rings is 2. The van der Waals surface area contributed by atoms with Crippen molar-refractivity contribution in [3.05, 3.63) is 65.2 Å². The van der Waals surface area contributed by atoms with E-state index in [0.29, 0.717) is 18.7 Å². The van der Waals surface area contributed by atoms with Gasteiger partial charge in [-0.2, -0.15) is 12.7 Å². The Morgan fingerprint density at radius 1 is 1.00 bits per heavy atom. The Labute approximate surface area is 216 Å². The molecule has 0 fully saturated rings. The zero-order valence-corrected chi connectivity index (χ0v) is 23.3. The second-order valence-electron chi connectivity index (χ2n) is 9.66. The fourth-order valence-corrected chi connectivity index (χ4v) is 4.93. The number of amides is 2. The molecule has 9 heteroatoms. The highest BCUT2D eigenvalue weighted by atomic mass is 32.2. The Balaban J connectivity index is 2.51. The first kappa shape index (κ1) is 29.3. The average Bonchev–Trinajstić information content (AvgIpc) is 2.83. The van der Waals surface area contributed by atoms with Crippen molar-refractivity contribution in [2.75, 3.05) is 31.5 Å². The molecule has 2 aromatic rings. The van der Waals surface area contributed by atoms with E-state index in [1.807, 2.05) is 77.1 Å². The molecular weight excluding hydrogens is 476 g/mol. The van der Waals surface area contributed by atoms with Gasteiger partial charge in [0.25, 0.3) is 0 Å². The zero-order chi connectivity index (χ0) is 27.0. The topological polar surface area (TPSA) is 90.0 Å². The van der Waals surface area contributed by atoms with Gasteiger partial charge in [-0.1, -0.05) is 63.2 Å².